The van der Waals surface area contributed by atoms with Crippen molar-refractivity contribution in [3.05, 3.63) is 59.3 Å². The number of nitrogens with two attached hydrogens (primary N) is 1. The minimum atomic E-state index is -0.297. The molecule has 3 heterocycles. The van der Waals surface area contributed by atoms with Crippen molar-refractivity contribution >= 4 is 37.4 Å². The van der Waals surface area contributed by atoms with Crippen molar-refractivity contribution in [2.45, 2.75) is 13.5 Å². The Morgan fingerprint density at radius 2 is 1.88 bits per heavy atom. The number of anilines is 1. The van der Waals surface area contributed by atoms with Gasteiger partial charge in [-0.1, -0.05) is 24.3 Å². The molecular weight excluding hydrogens is 537 g/mol. The predicted octanol–water partition coefficient (Wildman–Crippen LogP) is 2.81. The summed E-state index contributed by atoms with van der Waals surface area (Å²) in [7, 11) is 4.61. The van der Waals surface area contributed by atoms with Crippen molar-refractivity contribution < 1.29 is 18.8 Å². The molecule has 0 aliphatic heterocycles. The van der Waals surface area contributed by atoms with Gasteiger partial charge in [-0.25, -0.2) is 4.98 Å². The SMILES string of the molecule is CCn1cnc2c(=O)[nH]c(N)nc21.N.[Cl][Pt+].c1ccc2ncccc2c1. The molecule has 8 nitrogen and oxygen atoms in total. The summed E-state index contributed by atoms with van der Waals surface area (Å²) < 4.78 is 1.76. The Labute approximate surface area is 165 Å². The van der Waals surface area contributed by atoms with E-state index in [4.69, 9.17) is 5.73 Å². The van der Waals surface area contributed by atoms with Gasteiger partial charge in [0.05, 0.1) is 11.8 Å². The van der Waals surface area contributed by atoms with Crippen molar-refractivity contribution in [3.63, 3.8) is 0 Å². The van der Waals surface area contributed by atoms with Crippen molar-refractivity contribution in [1.29, 1.82) is 0 Å². The molecule has 0 saturated heterocycles. The van der Waals surface area contributed by atoms with Crippen LogP contribution in [0.1, 0.15) is 6.92 Å². The molecule has 0 aliphatic carbocycles. The van der Waals surface area contributed by atoms with E-state index in [0.717, 1.165) is 5.52 Å². The second-order valence-corrected chi connectivity index (χ2v) is 4.85. The molecule has 4 rings (SSSR count). The summed E-state index contributed by atoms with van der Waals surface area (Å²) >= 11 is 1.61. The van der Waals surface area contributed by atoms with Gasteiger partial charge < -0.3 is 16.5 Å². The van der Waals surface area contributed by atoms with Gasteiger partial charge in [-0.2, -0.15) is 4.98 Å². The fourth-order valence-corrected chi connectivity index (χ4v) is 2.22. The Balaban J connectivity index is 0.000000235. The van der Waals surface area contributed by atoms with E-state index in [1.165, 1.54) is 5.39 Å². The van der Waals surface area contributed by atoms with Gasteiger partial charge in [0.25, 0.3) is 5.56 Å². The second-order valence-electron chi connectivity index (χ2n) is 4.85. The Hall–Kier alpha value is -2.28. The van der Waals surface area contributed by atoms with Crippen LogP contribution >= 0.6 is 9.42 Å². The first-order valence-corrected chi connectivity index (χ1v) is 10.1. The molecule has 140 valence electrons. The van der Waals surface area contributed by atoms with Gasteiger partial charge in [0, 0.05) is 18.1 Å². The third-order valence-electron chi connectivity index (χ3n) is 3.35. The first kappa shape index (κ1) is 21.8. The number of hydrogen-bond donors (Lipinski definition) is 3. The van der Waals surface area contributed by atoms with E-state index in [0.29, 0.717) is 17.7 Å². The van der Waals surface area contributed by atoms with E-state index < -0.39 is 0 Å². The summed E-state index contributed by atoms with van der Waals surface area (Å²) in [6, 6.07) is 12.1. The molecule has 0 spiro atoms. The van der Waals surface area contributed by atoms with E-state index in [1.807, 2.05) is 37.4 Å². The van der Waals surface area contributed by atoms with E-state index in [2.05, 4.69) is 41.5 Å². The molecule has 26 heavy (non-hydrogen) atoms. The molecule has 0 aliphatic rings. The van der Waals surface area contributed by atoms with Crippen LogP contribution in [0.5, 0.6) is 0 Å². The quantitative estimate of drug-likeness (QED) is 0.330. The molecular formula is C16H19ClN7OPt+. The molecule has 0 radical (unpaired) electrons. The summed E-state index contributed by atoms with van der Waals surface area (Å²) in [6.45, 7) is 2.66. The number of aryl methyl sites for hydroxylation is 1. The molecule has 3 aromatic heterocycles. The fourth-order valence-electron chi connectivity index (χ4n) is 2.22. The van der Waals surface area contributed by atoms with E-state index >= 15 is 0 Å². The summed E-state index contributed by atoms with van der Waals surface area (Å²) in [4.78, 5) is 25.8. The average Bonchev–Trinajstić information content (AvgIpc) is 3.07. The van der Waals surface area contributed by atoms with Crippen LogP contribution in [0.15, 0.2) is 53.7 Å². The smallest absolute Gasteiger partial charge is 0.0701 e. The van der Waals surface area contributed by atoms with Crippen molar-refractivity contribution in [2.75, 3.05) is 5.73 Å². The molecule has 0 fully saturated rings. The van der Waals surface area contributed by atoms with Crippen molar-refractivity contribution in [2.24, 2.45) is 0 Å². The Bertz CT molecular complexity index is 953. The third kappa shape index (κ3) is 5.11. The van der Waals surface area contributed by atoms with Gasteiger partial charge >= 0.3 is 28.2 Å². The average molecular weight is 556 g/mol. The Morgan fingerprint density at radius 3 is 2.58 bits per heavy atom. The molecule has 0 atom stereocenters. The number of pyridine rings is 1. The van der Waals surface area contributed by atoms with Crippen LogP contribution in [0.4, 0.5) is 5.95 Å². The summed E-state index contributed by atoms with van der Waals surface area (Å²) in [5, 5.41) is 1.20. The van der Waals surface area contributed by atoms with Gasteiger partial charge in [-0.05, 0) is 19.1 Å². The molecule has 4 aromatic rings. The van der Waals surface area contributed by atoms with Crippen LogP contribution in [-0.4, -0.2) is 24.5 Å². The van der Waals surface area contributed by atoms with Crippen LogP contribution in [-0.2, 0) is 25.3 Å². The third-order valence-corrected chi connectivity index (χ3v) is 3.35. The van der Waals surface area contributed by atoms with E-state index in [1.54, 1.807) is 29.7 Å². The first-order chi connectivity index (χ1) is 12.2. The van der Waals surface area contributed by atoms with Gasteiger partial charge in [0.2, 0.25) is 5.95 Å². The normalized spacial score (nSPS) is 9.54. The van der Waals surface area contributed by atoms with Crippen molar-refractivity contribution in [3.8, 4) is 0 Å². The summed E-state index contributed by atoms with van der Waals surface area (Å²) in [6.07, 6.45) is 3.38. The van der Waals surface area contributed by atoms with Crippen LogP contribution in [0, 0.1) is 0 Å². The number of benzene rings is 1. The maximum atomic E-state index is 11.3. The van der Waals surface area contributed by atoms with Crippen LogP contribution in [0.25, 0.3) is 22.1 Å². The molecule has 0 saturated carbocycles. The zero-order valence-electron chi connectivity index (χ0n) is 14.0. The molecule has 0 unspecified atom stereocenters. The fraction of sp³-hybridized carbons (Fsp3) is 0.125. The van der Waals surface area contributed by atoms with Gasteiger partial charge in [-0.15, -0.1) is 0 Å². The number of nitrogens with zero attached hydrogens (tertiary/aromatic N) is 4. The minimum absolute atomic E-state index is 0. The maximum absolute atomic E-state index is 11.3. The zero-order valence-corrected chi connectivity index (χ0v) is 17.0. The number of imidazole rings is 1. The summed E-state index contributed by atoms with van der Waals surface area (Å²) in [5.74, 6) is 0.118. The number of rotatable bonds is 1. The van der Waals surface area contributed by atoms with Gasteiger partial charge in [0.15, 0.2) is 11.2 Å². The topological polar surface area (TPSA) is 137 Å². The second kappa shape index (κ2) is 10.7. The van der Waals surface area contributed by atoms with E-state index in [-0.39, 0.29) is 17.7 Å². The monoisotopic (exact) mass is 555 g/mol. The number of nitrogens with one attached hydrogen (secondary N) is 1. The standard InChI is InChI=1S/C9H7N.C7H9N5O.ClH.H3N.Pt/c1-2-6-9-8(4-1)5-3-7-10-9;1-2-12-3-9-4-5(12)10-7(8)11-6(4)13;;;/h1-7H;3H,2H2,1H3,(H3,8,10,11,13);1H;1H3;/q;;;;+2/p-1. The largest absolute Gasteiger partial charge is 0.256 e. The molecule has 1 aromatic carbocycles. The van der Waals surface area contributed by atoms with Crippen molar-refractivity contribution in [1.82, 2.24) is 30.7 Å². The number of para-hydroxylation sites is 1. The Morgan fingerprint density at radius 1 is 1.19 bits per heavy atom. The van der Waals surface area contributed by atoms with E-state index in [9.17, 15) is 4.79 Å². The molecule has 0 bridgehead atoms. The number of halogens is 1. The number of hydrogen-bond acceptors (Lipinski definition) is 6. The van der Waals surface area contributed by atoms with Crippen LogP contribution in [0.2, 0.25) is 0 Å². The number of fused-ring (bicyclic) bond motifs is 2. The molecule has 10 heteroatoms. The minimum Gasteiger partial charge on any atom is -0.256 e. The van der Waals surface area contributed by atoms with Gasteiger partial charge in [-0.3, -0.25) is 14.8 Å². The number of nitrogen functional groups attached to an aromatic ring is 1. The zero-order chi connectivity index (χ0) is 18.2. The van der Waals surface area contributed by atoms with Crippen LogP contribution < -0.4 is 17.4 Å². The molecule has 6 N–H and O–H groups in total. The van der Waals surface area contributed by atoms with Crippen LogP contribution in [0.3, 0.4) is 0 Å². The number of aromatic amines is 1. The first-order valence-electron chi connectivity index (χ1n) is 7.31. The van der Waals surface area contributed by atoms with Gasteiger partial charge in [0.1, 0.15) is 0 Å². The predicted molar refractivity (Wildman–Crippen MR) is 101 cm³/mol. The summed E-state index contributed by atoms with van der Waals surface area (Å²) in [5.41, 5.74) is 7.02. The number of H-pyrrole nitrogens is 1. The number of aromatic nitrogens is 5. The maximum Gasteiger partial charge on any atom is 0.0701 e. The molecule has 0 amide bonds. The Kier molecular flexibility index (Phi) is 8.91.